The Kier molecular flexibility index (Phi) is 8.07. The van der Waals surface area contributed by atoms with Crippen LogP contribution in [0.1, 0.15) is 46.0 Å². The molecular weight excluding hydrogens is 302 g/mol. The molecule has 0 aromatic heterocycles. The highest BCUT2D eigenvalue weighted by atomic mass is 16.5. The fourth-order valence-corrected chi connectivity index (χ4v) is 2.38. The molecule has 1 unspecified atom stereocenters. The van der Waals surface area contributed by atoms with Crippen LogP contribution >= 0.6 is 0 Å². The number of imide groups is 1. The second kappa shape index (κ2) is 9.81. The van der Waals surface area contributed by atoms with Crippen molar-refractivity contribution < 1.29 is 23.9 Å². The van der Waals surface area contributed by atoms with Crippen molar-refractivity contribution in [1.29, 1.82) is 0 Å². The summed E-state index contributed by atoms with van der Waals surface area (Å²) in [6, 6.07) is -0.647. The Morgan fingerprint density at radius 2 is 1.74 bits per heavy atom. The van der Waals surface area contributed by atoms with Crippen molar-refractivity contribution in [3.05, 3.63) is 0 Å². The van der Waals surface area contributed by atoms with Gasteiger partial charge in [-0.15, -0.1) is 0 Å². The number of carbonyl (C=O) groups excluding carboxylic acids is 4. The molecule has 1 saturated carbocycles. The SMILES string of the molecule is CCNC(=O)NC(=O)C(C)OC(=O)CNC(=O)C1CCCCC1. The highest BCUT2D eigenvalue weighted by Gasteiger charge is 2.23. The topological polar surface area (TPSA) is 114 Å². The number of hydrogen-bond acceptors (Lipinski definition) is 5. The average Bonchev–Trinajstić information content (AvgIpc) is 2.53. The molecule has 4 amide bonds. The van der Waals surface area contributed by atoms with E-state index in [9.17, 15) is 19.2 Å². The molecular formula is C15H25N3O5. The van der Waals surface area contributed by atoms with E-state index >= 15 is 0 Å². The lowest BCUT2D eigenvalue weighted by atomic mass is 9.89. The predicted octanol–water partition coefficient (Wildman–Crippen LogP) is 0.460. The number of amides is 4. The molecule has 1 rings (SSSR count). The number of rotatable bonds is 6. The predicted molar refractivity (Wildman–Crippen MR) is 82.4 cm³/mol. The number of nitrogens with one attached hydrogen (secondary N) is 3. The lowest BCUT2D eigenvalue weighted by Gasteiger charge is -2.20. The maximum Gasteiger partial charge on any atom is 0.326 e. The number of ether oxygens (including phenoxy) is 1. The minimum Gasteiger partial charge on any atom is -0.451 e. The first-order chi connectivity index (χ1) is 10.9. The van der Waals surface area contributed by atoms with Gasteiger partial charge in [-0.3, -0.25) is 19.7 Å². The van der Waals surface area contributed by atoms with Crippen molar-refractivity contribution in [2.24, 2.45) is 5.92 Å². The van der Waals surface area contributed by atoms with E-state index in [0.717, 1.165) is 32.1 Å². The van der Waals surface area contributed by atoms with Gasteiger partial charge in [0.2, 0.25) is 5.91 Å². The number of hydrogen-bond donors (Lipinski definition) is 3. The van der Waals surface area contributed by atoms with Gasteiger partial charge in [-0.05, 0) is 26.7 Å². The van der Waals surface area contributed by atoms with Gasteiger partial charge in [0.15, 0.2) is 6.10 Å². The van der Waals surface area contributed by atoms with Crippen LogP contribution in [-0.2, 0) is 19.1 Å². The highest BCUT2D eigenvalue weighted by Crippen LogP contribution is 2.23. The van der Waals surface area contributed by atoms with Gasteiger partial charge in [0.05, 0.1) is 0 Å². The zero-order valence-corrected chi connectivity index (χ0v) is 13.6. The van der Waals surface area contributed by atoms with E-state index in [-0.39, 0.29) is 18.4 Å². The summed E-state index contributed by atoms with van der Waals surface area (Å²) in [4.78, 5) is 46.3. The minimum absolute atomic E-state index is 0.0463. The van der Waals surface area contributed by atoms with Crippen LogP contribution < -0.4 is 16.0 Å². The monoisotopic (exact) mass is 327 g/mol. The minimum atomic E-state index is -1.11. The molecule has 0 aliphatic heterocycles. The fourth-order valence-electron chi connectivity index (χ4n) is 2.38. The number of esters is 1. The van der Waals surface area contributed by atoms with Crippen LogP contribution in [0.4, 0.5) is 4.79 Å². The van der Waals surface area contributed by atoms with Crippen molar-refractivity contribution >= 4 is 23.8 Å². The molecule has 0 heterocycles. The van der Waals surface area contributed by atoms with Crippen LogP contribution in [-0.4, -0.2) is 43.0 Å². The van der Waals surface area contributed by atoms with Crippen LogP contribution in [0.3, 0.4) is 0 Å². The zero-order chi connectivity index (χ0) is 17.2. The van der Waals surface area contributed by atoms with E-state index in [1.54, 1.807) is 6.92 Å². The summed E-state index contributed by atoms with van der Waals surface area (Å²) in [7, 11) is 0. The van der Waals surface area contributed by atoms with Gasteiger partial charge < -0.3 is 15.4 Å². The molecule has 8 heteroatoms. The van der Waals surface area contributed by atoms with E-state index in [2.05, 4.69) is 10.6 Å². The van der Waals surface area contributed by atoms with Gasteiger partial charge in [-0.25, -0.2) is 4.79 Å². The molecule has 1 aliphatic rings. The summed E-state index contributed by atoms with van der Waals surface area (Å²) >= 11 is 0. The lowest BCUT2D eigenvalue weighted by Crippen LogP contribution is -2.45. The molecule has 23 heavy (non-hydrogen) atoms. The third kappa shape index (κ3) is 7.12. The molecule has 0 bridgehead atoms. The van der Waals surface area contributed by atoms with Crippen LogP contribution in [0.5, 0.6) is 0 Å². The van der Waals surface area contributed by atoms with Crippen molar-refractivity contribution in [1.82, 2.24) is 16.0 Å². The summed E-state index contributed by atoms with van der Waals surface area (Å²) in [5, 5.41) is 6.97. The average molecular weight is 327 g/mol. The molecule has 3 N–H and O–H groups in total. The first-order valence-electron chi connectivity index (χ1n) is 8.00. The number of carbonyl (C=O) groups is 4. The zero-order valence-electron chi connectivity index (χ0n) is 13.6. The molecule has 0 aromatic rings. The summed E-state index contributed by atoms with van der Waals surface area (Å²) in [6.45, 7) is 3.16. The van der Waals surface area contributed by atoms with Gasteiger partial charge in [-0.2, -0.15) is 0 Å². The van der Waals surface area contributed by atoms with Gasteiger partial charge in [0.25, 0.3) is 5.91 Å². The summed E-state index contributed by atoms with van der Waals surface area (Å²) in [5.74, 6) is -1.63. The second-order valence-electron chi connectivity index (χ2n) is 5.53. The van der Waals surface area contributed by atoms with Gasteiger partial charge in [0, 0.05) is 12.5 Å². The summed E-state index contributed by atoms with van der Waals surface area (Å²) in [6.07, 6.45) is 3.76. The van der Waals surface area contributed by atoms with Crippen LogP contribution in [0.15, 0.2) is 0 Å². The normalized spacial score (nSPS) is 16.1. The van der Waals surface area contributed by atoms with Gasteiger partial charge >= 0.3 is 12.0 Å². The van der Waals surface area contributed by atoms with Crippen molar-refractivity contribution in [3.63, 3.8) is 0 Å². The van der Waals surface area contributed by atoms with Crippen LogP contribution in [0.25, 0.3) is 0 Å². The largest absolute Gasteiger partial charge is 0.451 e. The Morgan fingerprint density at radius 1 is 1.09 bits per heavy atom. The maximum atomic E-state index is 11.9. The smallest absolute Gasteiger partial charge is 0.326 e. The molecule has 1 atom stereocenters. The Balaban J connectivity index is 2.27. The van der Waals surface area contributed by atoms with Crippen molar-refractivity contribution in [2.45, 2.75) is 52.1 Å². The summed E-state index contributed by atoms with van der Waals surface area (Å²) in [5.41, 5.74) is 0. The Hall–Kier alpha value is -2.12. The Bertz CT molecular complexity index is 446. The molecule has 0 radical (unpaired) electrons. The lowest BCUT2D eigenvalue weighted by molar-refractivity contribution is -0.154. The molecule has 130 valence electrons. The molecule has 1 fully saturated rings. The molecule has 1 aliphatic carbocycles. The van der Waals surface area contributed by atoms with Crippen LogP contribution in [0, 0.1) is 5.92 Å². The van der Waals surface area contributed by atoms with Crippen molar-refractivity contribution in [2.75, 3.05) is 13.1 Å². The first-order valence-corrected chi connectivity index (χ1v) is 8.00. The van der Waals surface area contributed by atoms with E-state index in [1.165, 1.54) is 6.92 Å². The van der Waals surface area contributed by atoms with E-state index in [0.29, 0.717) is 6.54 Å². The van der Waals surface area contributed by atoms with E-state index in [4.69, 9.17) is 4.74 Å². The van der Waals surface area contributed by atoms with Gasteiger partial charge in [-0.1, -0.05) is 19.3 Å². The maximum absolute atomic E-state index is 11.9. The molecule has 0 saturated heterocycles. The Morgan fingerprint density at radius 3 is 2.35 bits per heavy atom. The fraction of sp³-hybridized carbons (Fsp3) is 0.733. The highest BCUT2D eigenvalue weighted by molar-refractivity contribution is 5.97. The van der Waals surface area contributed by atoms with E-state index in [1.807, 2.05) is 5.32 Å². The third-order valence-corrected chi connectivity index (χ3v) is 3.63. The molecule has 0 aromatic carbocycles. The molecule has 0 spiro atoms. The van der Waals surface area contributed by atoms with Gasteiger partial charge in [0.1, 0.15) is 6.54 Å². The quantitative estimate of drug-likeness (QED) is 0.613. The standard InChI is InChI=1S/C15H25N3O5/c1-3-16-15(22)18-13(20)10(2)23-12(19)9-17-14(21)11-7-5-4-6-8-11/h10-11H,3-9H2,1-2H3,(H,17,21)(H2,16,18,20,22). The van der Waals surface area contributed by atoms with E-state index < -0.39 is 24.0 Å². The molecule has 8 nitrogen and oxygen atoms in total. The van der Waals surface area contributed by atoms with Crippen molar-refractivity contribution in [3.8, 4) is 0 Å². The van der Waals surface area contributed by atoms with Crippen LogP contribution in [0.2, 0.25) is 0 Å². The first kappa shape index (κ1) is 18.9. The third-order valence-electron chi connectivity index (χ3n) is 3.63. The summed E-state index contributed by atoms with van der Waals surface area (Å²) < 4.78 is 4.88. The number of urea groups is 1. The Labute approximate surface area is 135 Å². The second-order valence-corrected chi connectivity index (χ2v) is 5.53.